The van der Waals surface area contributed by atoms with E-state index in [0.29, 0.717) is 16.9 Å². The van der Waals surface area contributed by atoms with Gasteiger partial charge in [-0.3, -0.25) is 14.2 Å². The predicted octanol–water partition coefficient (Wildman–Crippen LogP) is 2.61. The van der Waals surface area contributed by atoms with Crippen LogP contribution >= 0.6 is 0 Å². The van der Waals surface area contributed by atoms with Crippen LogP contribution in [0.3, 0.4) is 0 Å². The molecule has 0 aliphatic carbocycles. The number of benzene rings is 1. The molecule has 0 fully saturated rings. The normalized spacial score (nSPS) is 12.5. The van der Waals surface area contributed by atoms with Crippen molar-refractivity contribution in [2.75, 3.05) is 0 Å². The van der Waals surface area contributed by atoms with Gasteiger partial charge in [0.15, 0.2) is 0 Å². The molecule has 7 heteroatoms. The molecule has 126 valence electrons. The van der Waals surface area contributed by atoms with Crippen LogP contribution < -0.4 is 10.9 Å². The van der Waals surface area contributed by atoms with Gasteiger partial charge in [0, 0.05) is 5.39 Å². The van der Waals surface area contributed by atoms with Gasteiger partial charge in [-0.25, -0.2) is 4.98 Å². The lowest BCUT2D eigenvalue weighted by Crippen LogP contribution is -2.33. The highest BCUT2D eigenvalue weighted by molar-refractivity contribution is 6.01. The fourth-order valence-corrected chi connectivity index (χ4v) is 2.78. The first-order valence-corrected chi connectivity index (χ1v) is 7.83. The molecule has 0 radical (unpaired) electrons. The lowest BCUT2D eigenvalue weighted by molar-refractivity contribution is -0.122. The number of para-hydroxylation sites is 1. The monoisotopic (exact) mass is 337 g/mol. The van der Waals surface area contributed by atoms with Gasteiger partial charge in [-0.2, -0.15) is 0 Å². The summed E-state index contributed by atoms with van der Waals surface area (Å²) < 4.78 is 12.1. The minimum atomic E-state index is -0.387. The molecule has 1 aromatic carbocycles. The van der Waals surface area contributed by atoms with Crippen molar-refractivity contribution >= 4 is 28.0 Å². The van der Waals surface area contributed by atoms with Crippen LogP contribution in [0.25, 0.3) is 22.1 Å². The summed E-state index contributed by atoms with van der Waals surface area (Å²) >= 11 is 0. The molecule has 3 heterocycles. The first kappa shape index (κ1) is 15.2. The van der Waals surface area contributed by atoms with Crippen molar-refractivity contribution in [3.05, 3.63) is 65.1 Å². The first-order valence-electron chi connectivity index (χ1n) is 7.83. The molecule has 1 atom stereocenters. The number of hydrogen-bond donors (Lipinski definition) is 1. The Hall–Kier alpha value is -3.35. The zero-order valence-corrected chi connectivity index (χ0v) is 13.4. The Balaban J connectivity index is 1.61. The highest BCUT2D eigenvalue weighted by Gasteiger charge is 2.16. The SMILES string of the molecule is C[C@@H](NC(=O)Cn1cnc2c(oc3ccccc32)c1=O)c1ccco1. The van der Waals surface area contributed by atoms with Crippen LogP contribution in [0.1, 0.15) is 18.7 Å². The van der Waals surface area contributed by atoms with Crippen molar-refractivity contribution in [2.24, 2.45) is 0 Å². The third-order valence-electron chi connectivity index (χ3n) is 4.01. The Morgan fingerprint density at radius 2 is 2.12 bits per heavy atom. The largest absolute Gasteiger partial charge is 0.467 e. The number of aromatic nitrogens is 2. The smallest absolute Gasteiger partial charge is 0.297 e. The van der Waals surface area contributed by atoms with Crippen LogP contribution in [0.2, 0.25) is 0 Å². The second-order valence-electron chi connectivity index (χ2n) is 5.76. The van der Waals surface area contributed by atoms with Crippen LogP contribution in [-0.2, 0) is 11.3 Å². The lowest BCUT2D eigenvalue weighted by Gasteiger charge is -2.12. The Kier molecular flexibility index (Phi) is 3.61. The van der Waals surface area contributed by atoms with Gasteiger partial charge in [-0.05, 0) is 31.2 Å². The number of hydrogen-bond acceptors (Lipinski definition) is 5. The third kappa shape index (κ3) is 2.69. The minimum absolute atomic E-state index is 0.149. The summed E-state index contributed by atoms with van der Waals surface area (Å²) in [5, 5.41) is 3.56. The van der Waals surface area contributed by atoms with Crippen LogP contribution in [0.15, 0.2) is 62.6 Å². The number of nitrogens with zero attached hydrogens (tertiary/aromatic N) is 2. The summed E-state index contributed by atoms with van der Waals surface area (Å²) in [6.45, 7) is 1.66. The molecule has 25 heavy (non-hydrogen) atoms. The van der Waals surface area contributed by atoms with Crippen LogP contribution in [-0.4, -0.2) is 15.5 Å². The molecule has 1 amide bonds. The molecule has 4 rings (SSSR count). The Bertz CT molecular complexity index is 1110. The molecule has 4 aromatic rings. The quantitative estimate of drug-likeness (QED) is 0.618. The number of nitrogens with one attached hydrogen (secondary N) is 1. The maximum absolute atomic E-state index is 12.6. The molecule has 0 saturated carbocycles. The van der Waals surface area contributed by atoms with E-state index in [1.807, 2.05) is 18.2 Å². The van der Waals surface area contributed by atoms with Crippen molar-refractivity contribution in [1.82, 2.24) is 14.9 Å². The predicted molar refractivity (Wildman–Crippen MR) is 91.0 cm³/mol. The minimum Gasteiger partial charge on any atom is -0.467 e. The summed E-state index contributed by atoms with van der Waals surface area (Å²) in [5.74, 6) is 0.329. The van der Waals surface area contributed by atoms with Crippen molar-refractivity contribution in [3.8, 4) is 0 Å². The van der Waals surface area contributed by atoms with Gasteiger partial charge >= 0.3 is 0 Å². The fraction of sp³-hybridized carbons (Fsp3) is 0.167. The van der Waals surface area contributed by atoms with E-state index in [4.69, 9.17) is 8.83 Å². The van der Waals surface area contributed by atoms with Gasteiger partial charge in [-0.1, -0.05) is 12.1 Å². The standard InChI is InChI=1S/C18H15N3O4/c1-11(13-7-4-8-24-13)20-15(22)9-21-10-19-16-12-5-2-3-6-14(12)25-17(16)18(21)23/h2-8,10-11H,9H2,1H3,(H,20,22)/t11-/m1/s1. The van der Waals surface area contributed by atoms with Gasteiger partial charge in [-0.15, -0.1) is 0 Å². The zero-order valence-electron chi connectivity index (χ0n) is 13.4. The van der Waals surface area contributed by atoms with Gasteiger partial charge in [0.2, 0.25) is 11.5 Å². The van der Waals surface area contributed by atoms with Crippen molar-refractivity contribution in [1.29, 1.82) is 0 Å². The molecule has 1 N–H and O–H groups in total. The summed E-state index contributed by atoms with van der Waals surface area (Å²) in [6.07, 6.45) is 2.91. The highest BCUT2D eigenvalue weighted by Crippen LogP contribution is 2.24. The maximum Gasteiger partial charge on any atom is 0.297 e. The van der Waals surface area contributed by atoms with Crippen molar-refractivity contribution in [2.45, 2.75) is 19.5 Å². The number of carbonyl (C=O) groups excluding carboxylic acids is 1. The fourth-order valence-electron chi connectivity index (χ4n) is 2.78. The van der Waals surface area contributed by atoms with Crippen LogP contribution in [0.5, 0.6) is 0 Å². The number of rotatable bonds is 4. The molecular weight excluding hydrogens is 322 g/mol. The first-order chi connectivity index (χ1) is 12.1. The highest BCUT2D eigenvalue weighted by atomic mass is 16.3. The van der Waals surface area contributed by atoms with E-state index in [1.54, 1.807) is 31.4 Å². The second-order valence-corrected chi connectivity index (χ2v) is 5.76. The molecule has 0 aliphatic rings. The molecular formula is C18H15N3O4. The summed E-state index contributed by atoms with van der Waals surface area (Å²) in [6, 6.07) is 10.5. The van der Waals surface area contributed by atoms with Gasteiger partial charge < -0.3 is 14.2 Å². The van der Waals surface area contributed by atoms with E-state index in [0.717, 1.165) is 5.39 Å². The number of amides is 1. The third-order valence-corrected chi connectivity index (χ3v) is 4.01. The molecule has 0 aliphatic heterocycles. The van der Waals surface area contributed by atoms with Crippen LogP contribution in [0, 0.1) is 0 Å². The lowest BCUT2D eigenvalue weighted by atomic mass is 10.2. The van der Waals surface area contributed by atoms with Crippen molar-refractivity contribution < 1.29 is 13.6 Å². The summed E-state index contributed by atoms with van der Waals surface area (Å²) in [7, 11) is 0. The second kappa shape index (κ2) is 5.94. The molecule has 0 unspecified atom stereocenters. The topological polar surface area (TPSA) is 90.3 Å². The van der Waals surface area contributed by atoms with E-state index in [-0.39, 0.29) is 29.6 Å². The van der Waals surface area contributed by atoms with E-state index in [9.17, 15) is 9.59 Å². The zero-order chi connectivity index (χ0) is 17.4. The van der Waals surface area contributed by atoms with Gasteiger partial charge in [0.1, 0.15) is 23.4 Å². The molecule has 0 bridgehead atoms. The van der Waals surface area contributed by atoms with E-state index < -0.39 is 0 Å². The van der Waals surface area contributed by atoms with Gasteiger partial charge in [0.05, 0.1) is 18.6 Å². The molecule has 3 aromatic heterocycles. The average Bonchev–Trinajstić information content (AvgIpc) is 3.25. The van der Waals surface area contributed by atoms with E-state index in [1.165, 1.54) is 10.9 Å². The average molecular weight is 337 g/mol. The Morgan fingerprint density at radius 3 is 2.92 bits per heavy atom. The molecule has 0 spiro atoms. The van der Waals surface area contributed by atoms with E-state index >= 15 is 0 Å². The number of fused-ring (bicyclic) bond motifs is 3. The van der Waals surface area contributed by atoms with Crippen molar-refractivity contribution in [3.63, 3.8) is 0 Å². The summed E-state index contributed by atoms with van der Waals surface area (Å²) in [4.78, 5) is 29.1. The summed E-state index contributed by atoms with van der Waals surface area (Å²) in [5.41, 5.74) is 0.856. The number of carbonyl (C=O) groups is 1. The molecule has 7 nitrogen and oxygen atoms in total. The Morgan fingerprint density at radius 1 is 1.28 bits per heavy atom. The maximum atomic E-state index is 12.6. The van der Waals surface area contributed by atoms with E-state index in [2.05, 4.69) is 10.3 Å². The van der Waals surface area contributed by atoms with Crippen LogP contribution in [0.4, 0.5) is 0 Å². The van der Waals surface area contributed by atoms with Gasteiger partial charge in [0.25, 0.3) is 5.56 Å². The Labute approximate surface area is 141 Å². The molecule has 0 saturated heterocycles. The number of furan rings is 2.